The van der Waals surface area contributed by atoms with Crippen molar-refractivity contribution in [3.05, 3.63) is 34.3 Å². The van der Waals surface area contributed by atoms with Crippen LogP contribution >= 0.6 is 15.9 Å². The van der Waals surface area contributed by atoms with Crippen LogP contribution in [0.2, 0.25) is 0 Å². The molecular weight excluding hydrogens is 378 g/mol. The third-order valence-electron chi connectivity index (χ3n) is 5.73. The summed E-state index contributed by atoms with van der Waals surface area (Å²) in [6.45, 7) is 3.74. The highest BCUT2D eigenvalue weighted by Crippen LogP contribution is 2.41. The Bertz CT molecular complexity index is 575. The number of nitrogens with zero attached hydrogens (tertiary/aromatic N) is 2. The van der Waals surface area contributed by atoms with Crippen molar-refractivity contribution in [2.75, 3.05) is 40.4 Å². The van der Waals surface area contributed by atoms with Crippen molar-refractivity contribution in [2.45, 2.75) is 37.5 Å². The molecule has 0 amide bonds. The average molecular weight is 408 g/mol. The maximum atomic E-state index is 5.51. The molecule has 1 aliphatic carbocycles. The SMILES string of the molecule is CN=C(NCC1(c2ccc(Br)cc2)CCCC1)N(C)CC1CCOC1. The number of halogens is 1. The highest BCUT2D eigenvalue weighted by atomic mass is 79.9. The van der Waals surface area contributed by atoms with Gasteiger partial charge in [0.15, 0.2) is 5.96 Å². The first-order chi connectivity index (χ1) is 12.1. The molecule has 1 saturated heterocycles. The first kappa shape index (κ1) is 18.7. The first-order valence-corrected chi connectivity index (χ1v) is 10.2. The van der Waals surface area contributed by atoms with E-state index in [0.29, 0.717) is 5.92 Å². The normalized spacial score (nSPS) is 23.0. The predicted molar refractivity (Wildman–Crippen MR) is 107 cm³/mol. The fourth-order valence-electron chi connectivity index (χ4n) is 4.26. The Kier molecular flexibility index (Phi) is 6.39. The zero-order chi connectivity index (χ0) is 17.7. The zero-order valence-electron chi connectivity index (χ0n) is 15.4. The van der Waals surface area contributed by atoms with Gasteiger partial charge in [0.1, 0.15) is 0 Å². The maximum absolute atomic E-state index is 5.51. The first-order valence-electron chi connectivity index (χ1n) is 9.38. The Hall–Kier alpha value is -1.07. The molecule has 0 aromatic heterocycles. The predicted octanol–water partition coefficient (Wildman–Crippen LogP) is 3.80. The summed E-state index contributed by atoms with van der Waals surface area (Å²) in [7, 11) is 4.01. The van der Waals surface area contributed by atoms with E-state index >= 15 is 0 Å². The number of nitrogens with one attached hydrogen (secondary N) is 1. The number of hydrogen-bond acceptors (Lipinski definition) is 2. The van der Waals surface area contributed by atoms with E-state index in [9.17, 15) is 0 Å². The largest absolute Gasteiger partial charge is 0.381 e. The minimum absolute atomic E-state index is 0.230. The minimum atomic E-state index is 0.230. The Balaban J connectivity index is 1.64. The molecule has 0 radical (unpaired) electrons. The molecule has 1 aliphatic heterocycles. The average Bonchev–Trinajstić information content (AvgIpc) is 3.28. The number of aliphatic imine (C=N–C) groups is 1. The number of guanidine groups is 1. The lowest BCUT2D eigenvalue weighted by atomic mass is 9.79. The number of hydrogen-bond donors (Lipinski definition) is 1. The van der Waals surface area contributed by atoms with Gasteiger partial charge in [-0.1, -0.05) is 40.9 Å². The highest BCUT2D eigenvalue weighted by Gasteiger charge is 2.36. The van der Waals surface area contributed by atoms with Crippen molar-refractivity contribution in [3.63, 3.8) is 0 Å². The molecule has 1 N–H and O–H groups in total. The molecule has 3 rings (SSSR count). The van der Waals surface area contributed by atoms with E-state index < -0.39 is 0 Å². The summed E-state index contributed by atoms with van der Waals surface area (Å²) >= 11 is 3.55. The molecule has 1 aromatic rings. The van der Waals surface area contributed by atoms with E-state index in [-0.39, 0.29) is 5.41 Å². The van der Waals surface area contributed by atoms with Gasteiger partial charge in [0, 0.05) is 49.6 Å². The van der Waals surface area contributed by atoms with Gasteiger partial charge in [0.2, 0.25) is 0 Å². The van der Waals surface area contributed by atoms with Gasteiger partial charge < -0.3 is 15.0 Å². The summed E-state index contributed by atoms with van der Waals surface area (Å²) in [4.78, 5) is 6.77. The number of benzene rings is 1. The molecule has 2 fully saturated rings. The molecule has 2 aliphatic rings. The van der Waals surface area contributed by atoms with E-state index in [4.69, 9.17) is 4.74 Å². The molecule has 1 heterocycles. The third-order valence-corrected chi connectivity index (χ3v) is 6.26. The standard InChI is InChI=1S/C20H30BrN3O/c1-22-19(24(2)13-16-9-12-25-14-16)23-15-20(10-3-4-11-20)17-5-7-18(21)8-6-17/h5-8,16H,3-4,9-15H2,1-2H3,(H,22,23). The van der Waals surface area contributed by atoms with E-state index in [0.717, 1.165) is 43.2 Å². The summed E-state index contributed by atoms with van der Waals surface area (Å²) in [5.74, 6) is 1.62. The van der Waals surface area contributed by atoms with E-state index in [2.05, 4.69) is 62.5 Å². The van der Waals surface area contributed by atoms with Crippen LogP contribution in [0.4, 0.5) is 0 Å². The van der Waals surface area contributed by atoms with Crippen LogP contribution in [0.25, 0.3) is 0 Å². The number of ether oxygens (including phenoxy) is 1. The molecule has 138 valence electrons. The van der Waals surface area contributed by atoms with Gasteiger partial charge in [0.25, 0.3) is 0 Å². The molecule has 1 unspecified atom stereocenters. The van der Waals surface area contributed by atoms with Gasteiger partial charge >= 0.3 is 0 Å². The van der Waals surface area contributed by atoms with Crippen LogP contribution in [0.15, 0.2) is 33.7 Å². The van der Waals surface area contributed by atoms with Crippen LogP contribution in [0.1, 0.15) is 37.7 Å². The molecule has 1 atom stereocenters. The second-order valence-corrected chi connectivity index (χ2v) is 8.42. The zero-order valence-corrected chi connectivity index (χ0v) is 17.0. The van der Waals surface area contributed by atoms with Crippen molar-refractivity contribution in [2.24, 2.45) is 10.9 Å². The molecule has 0 spiro atoms. The van der Waals surface area contributed by atoms with Crippen LogP contribution in [0, 0.1) is 5.92 Å². The van der Waals surface area contributed by atoms with Crippen LogP contribution in [-0.2, 0) is 10.2 Å². The Morgan fingerprint density at radius 1 is 1.32 bits per heavy atom. The minimum Gasteiger partial charge on any atom is -0.381 e. The van der Waals surface area contributed by atoms with Gasteiger partial charge in [-0.25, -0.2) is 0 Å². The van der Waals surface area contributed by atoms with Crippen LogP contribution in [-0.4, -0.2) is 51.3 Å². The van der Waals surface area contributed by atoms with Gasteiger partial charge in [-0.05, 0) is 37.0 Å². The monoisotopic (exact) mass is 407 g/mol. The Labute approximate surface area is 160 Å². The smallest absolute Gasteiger partial charge is 0.193 e. The number of rotatable bonds is 5. The summed E-state index contributed by atoms with van der Waals surface area (Å²) in [6, 6.07) is 8.88. The van der Waals surface area contributed by atoms with E-state index in [1.165, 1.54) is 31.2 Å². The van der Waals surface area contributed by atoms with Crippen molar-refractivity contribution in [1.82, 2.24) is 10.2 Å². The van der Waals surface area contributed by atoms with Crippen molar-refractivity contribution < 1.29 is 4.74 Å². The lowest BCUT2D eigenvalue weighted by molar-refractivity contribution is 0.181. The molecule has 1 saturated carbocycles. The third kappa shape index (κ3) is 4.56. The van der Waals surface area contributed by atoms with Crippen LogP contribution in [0.5, 0.6) is 0 Å². The van der Waals surface area contributed by atoms with Crippen LogP contribution in [0.3, 0.4) is 0 Å². The second-order valence-electron chi connectivity index (χ2n) is 7.51. The summed E-state index contributed by atoms with van der Waals surface area (Å²) < 4.78 is 6.65. The highest BCUT2D eigenvalue weighted by molar-refractivity contribution is 9.10. The van der Waals surface area contributed by atoms with Gasteiger partial charge in [-0.15, -0.1) is 0 Å². The fraction of sp³-hybridized carbons (Fsp3) is 0.650. The van der Waals surface area contributed by atoms with Crippen molar-refractivity contribution in [1.29, 1.82) is 0 Å². The maximum Gasteiger partial charge on any atom is 0.193 e. The van der Waals surface area contributed by atoms with Crippen molar-refractivity contribution in [3.8, 4) is 0 Å². The van der Waals surface area contributed by atoms with Crippen LogP contribution < -0.4 is 5.32 Å². The summed E-state index contributed by atoms with van der Waals surface area (Å²) in [5.41, 5.74) is 1.68. The fourth-order valence-corrected chi connectivity index (χ4v) is 4.52. The molecule has 0 bridgehead atoms. The summed E-state index contributed by atoms with van der Waals surface area (Å²) in [6.07, 6.45) is 6.28. The van der Waals surface area contributed by atoms with Gasteiger partial charge in [0.05, 0.1) is 6.61 Å². The Morgan fingerprint density at radius 3 is 2.64 bits per heavy atom. The lowest BCUT2D eigenvalue weighted by Crippen LogP contribution is -2.46. The second kappa shape index (κ2) is 8.54. The molecule has 1 aromatic carbocycles. The lowest BCUT2D eigenvalue weighted by Gasteiger charge is -2.33. The van der Waals surface area contributed by atoms with E-state index in [1.807, 2.05) is 7.05 Å². The van der Waals surface area contributed by atoms with Gasteiger partial charge in [-0.2, -0.15) is 0 Å². The molecule has 5 heteroatoms. The topological polar surface area (TPSA) is 36.9 Å². The molecular formula is C20H30BrN3O. The molecule has 4 nitrogen and oxygen atoms in total. The van der Waals surface area contributed by atoms with Gasteiger partial charge in [-0.3, -0.25) is 4.99 Å². The van der Waals surface area contributed by atoms with Crippen molar-refractivity contribution >= 4 is 21.9 Å². The summed E-state index contributed by atoms with van der Waals surface area (Å²) in [5, 5.41) is 3.66. The van der Waals surface area contributed by atoms with E-state index in [1.54, 1.807) is 0 Å². The molecule has 25 heavy (non-hydrogen) atoms. The quantitative estimate of drug-likeness (QED) is 0.595. The Morgan fingerprint density at radius 2 is 2.04 bits per heavy atom.